The number of carbonyl (C=O) groups excluding carboxylic acids is 1. The lowest BCUT2D eigenvalue weighted by Crippen LogP contribution is -2.47. The molecule has 2 aliphatic rings. The van der Waals surface area contributed by atoms with E-state index in [9.17, 15) is 4.79 Å². The molecule has 4 rings (SSSR count). The summed E-state index contributed by atoms with van der Waals surface area (Å²) >= 11 is 0. The molecule has 0 spiro atoms. The van der Waals surface area contributed by atoms with Crippen molar-refractivity contribution >= 4 is 17.1 Å². The van der Waals surface area contributed by atoms with E-state index in [1.54, 1.807) is 6.20 Å². The van der Waals surface area contributed by atoms with Crippen LogP contribution in [0.15, 0.2) is 24.5 Å². The van der Waals surface area contributed by atoms with Crippen LogP contribution in [0.1, 0.15) is 31.7 Å². The van der Waals surface area contributed by atoms with Gasteiger partial charge in [0.25, 0.3) is 0 Å². The van der Waals surface area contributed by atoms with Crippen molar-refractivity contribution in [2.24, 2.45) is 0 Å². The first-order chi connectivity index (χ1) is 12.2. The van der Waals surface area contributed by atoms with Gasteiger partial charge in [-0.25, -0.2) is 9.78 Å². The average Bonchev–Trinajstić information content (AvgIpc) is 3.34. The molecule has 0 saturated carbocycles. The van der Waals surface area contributed by atoms with Crippen LogP contribution in [-0.4, -0.2) is 64.1 Å². The summed E-state index contributed by atoms with van der Waals surface area (Å²) in [6.07, 6.45) is 8.29. The van der Waals surface area contributed by atoms with Crippen molar-refractivity contribution in [3.8, 4) is 0 Å². The Hall–Kier alpha value is -2.08. The van der Waals surface area contributed by atoms with Crippen molar-refractivity contribution in [1.29, 1.82) is 0 Å². The maximum atomic E-state index is 12.6. The number of carbonyl (C=O) groups is 1. The number of nitrogens with one attached hydrogen (secondary N) is 2. The Labute approximate surface area is 148 Å². The number of H-pyrrole nitrogens is 1. The van der Waals surface area contributed by atoms with Crippen LogP contribution < -0.4 is 5.32 Å². The molecule has 0 radical (unpaired) electrons. The number of aromatic amines is 1. The maximum absolute atomic E-state index is 12.6. The van der Waals surface area contributed by atoms with Gasteiger partial charge in [0, 0.05) is 43.0 Å². The molecule has 2 aromatic heterocycles. The zero-order chi connectivity index (χ0) is 17.2. The molecule has 0 bridgehead atoms. The Morgan fingerprint density at radius 2 is 2.20 bits per heavy atom. The van der Waals surface area contributed by atoms with Crippen molar-refractivity contribution in [3.63, 3.8) is 0 Å². The third-order valence-electron chi connectivity index (χ3n) is 5.79. The van der Waals surface area contributed by atoms with Crippen LogP contribution in [-0.2, 0) is 6.42 Å². The SMILES string of the molecule is C[C@H]1[C@H](N2CCCC2)CCN1C(=O)NCCc1c[nH]c2ncccc12. The molecule has 2 atom stereocenters. The van der Waals surface area contributed by atoms with E-state index >= 15 is 0 Å². The van der Waals surface area contributed by atoms with Crippen molar-refractivity contribution in [1.82, 2.24) is 25.1 Å². The molecule has 2 fully saturated rings. The fourth-order valence-corrected chi connectivity index (χ4v) is 4.40. The van der Waals surface area contributed by atoms with Gasteiger partial charge in [0.15, 0.2) is 0 Å². The molecule has 0 aliphatic carbocycles. The van der Waals surface area contributed by atoms with Gasteiger partial charge in [-0.2, -0.15) is 0 Å². The number of nitrogens with zero attached hydrogens (tertiary/aromatic N) is 3. The van der Waals surface area contributed by atoms with Crippen molar-refractivity contribution in [3.05, 3.63) is 30.1 Å². The lowest BCUT2D eigenvalue weighted by atomic mass is 10.1. The molecule has 2 saturated heterocycles. The van der Waals surface area contributed by atoms with Crippen molar-refractivity contribution in [2.75, 3.05) is 26.2 Å². The van der Waals surface area contributed by atoms with E-state index in [2.05, 4.69) is 33.2 Å². The highest BCUT2D eigenvalue weighted by Crippen LogP contribution is 2.26. The molecule has 0 unspecified atom stereocenters. The highest BCUT2D eigenvalue weighted by atomic mass is 16.2. The predicted octanol–water partition coefficient (Wildman–Crippen LogP) is 2.37. The Morgan fingerprint density at radius 3 is 3.04 bits per heavy atom. The van der Waals surface area contributed by atoms with Gasteiger partial charge < -0.3 is 15.2 Å². The molecule has 2 aromatic rings. The maximum Gasteiger partial charge on any atom is 0.317 e. The second kappa shape index (κ2) is 7.04. The van der Waals surface area contributed by atoms with Crippen molar-refractivity contribution < 1.29 is 4.79 Å². The number of hydrogen-bond acceptors (Lipinski definition) is 3. The van der Waals surface area contributed by atoms with Crippen LogP contribution >= 0.6 is 0 Å². The number of aromatic nitrogens is 2. The molecular formula is C19H27N5O. The van der Waals surface area contributed by atoms with E-state index in [0.717, 1.165) is 30.4 Å². The number of hydrogen-bond donors (Lipinski definition) is 2. The number of rotatable bonds is 4. The molecule has 4 heterocycles. The monoisotopic (exact) mass is 341 g/mol. The van der Waals surface area contributed by atoms with Gasteiger partial charge in [-0.05, 0) is 63.4 Å². The molecule has 6 heteroatoms. The standard InChI is InChI=1S/C19H27N5O/c1-14-17(23-10-2-3-11-23)7-12-24(14)19(25)21-9-6-15-13-22-18-16(15)5-4-8-20-18/h4-5,8,13-14,17H,2-3,6-7,9-12H2,1H3,(H,20,22)(H,21,25)/t14-,17+/m0/s1. The van der Waals surface area contributed by atoms with Gasteiger partial charge in [0.2, 0.25) is 0 Å². The van der Waals surface area contributed by atoms with E-state index < -0.39 is 0 Å². The average molecular weight is 341 g/mol. The molecule has 25 heavy (non-hydrogen) atoms. The third kappa shape index (κ3) is 3.23. The molecule has 2 amide bonds. The van der Waals surface area contributed by atoms with E-state index in [1.807, 2.05) is 17.2 Å². The minimum Gasteiger partial charge on any atom is -0.346 e. The Morgan fingerprint density at radius 1 is 1.36 bits per heavy atom. The zero-order valence-electron chi connectivity index (χ0n) is 14.9. The van der Waals surface area contributed by atoms with Crippen LogP contribution in [0.4, 0.5) is 4.79 Å². The number of amides is 2. The smallest absolute Gasteiger partial charge is 0.317 e. The fourth-order valence-electron chi connectivity index (χ4n) is 4.40. The Bertz CT molecular complexity index is 736. The van der Waals surface area contributed by atoms with Crippen LogP contribution in [0.2, 0.25) is 0 Å². The summed E-state index contributed by atoms with van der Waals surface area (Å²) in [4.78, 5) is 24.7. The molecule has 134 valence electrons. The molecule has 0 aromatic carbocycles. The zero-order valence-corrected chi connectivity index (χ0v) is 14.9. The van der Waals surface area contributed by atoms with E-state index in [1.165, 1.54) is 31.5 Å². The molecule has 2 aliphatic heterocycles. The first kappa shape index (κ1) is 16.4. The molecule has 2 N–H and O–H groups in total. The number of likely N-dealkylation sites (tertiary alicyclic amines) is 2. The third-order valence-corrected chi connectivity index (χ3v) is 5.79. The second-order valence-electron chi connectivity index (χ2n) is 7.23. The van der Waals surface area contributed by atoms with Gasteiger partial charge in [-0.1, -0.05) is 0 Å². The fraction of sp³-hybridized carbons (Fsp3) is 0.579. The Balaban J connectivity index is 1.30. The van der Waals surface area contributed by atoms with Gasteiger partial charge in [0.1, 0.15) is 5.65 Å². The lowest BCUT2D eigenvalue weighted by molar-refractivity contribution is 0.168. The molecule has 6 nitrogen and oxygen atoms in total. The van der Waals surface area contributed by atoms with Gasteiger partial charge >= 0.3 is 6.03 Å². The van der Waals surface area contributed by atoms with Crippen LogP contribution in [0.25, 0.3) is 11.0 Å². The van der Waals surface area contributed by atoms with Crippen LogP contribution in [0.3, 0.4) is 0 Å². The highest BCUT2D eigenvalue weighted by Gasteiger charge is 2.37. The molecular weight excluding hydrogens is 314 g/mol. The van der Waals surface area contributed by atoms with Gasteiger partial charge in [-0.3, -0.25) is 4.90 Å². The number of pyridine rings is 1. The Kier molecular flexibility index (Phi) is 4.61. The summed E-state index contributed by atoms with van der Waals surface area (Å²) in [6.45, 7) is 6.10. The van der Waals surface area contributed by atoms with Gasteiger partial charge in [0.05, 0.1) is 0 Å². The van der Waals surface area contributed by atoms with E-state index in [-0.39, 0.29) is 6.03 Å². The summed E-state index contributed by atoms with van der Waals surface area (Å²) in [7, 11) is 0. The minimum absolute atomic E-state index is 0.0761. The van der Waals surface area contributed by atoms with Gasteiger partial charge in [-0.15, -0.1) is 0 Å². The summed E-state index contributed by atoms with van der Waals surface area (Å²) in [5.41, 5.74) is 2.11. The largest absolute Gasteiger partial charge is 0.346 e. The second-order valence-corrected chi connectivity index (χ2v) is 7.23. The normalized spacial score (nSPS) is 24.3. The predicted molar refractivity (Wildman–Crippen MR) is 98.6 cm³/mol. The first-order valence-corrected chi connectivity index (χ1v) is 9.43. The van der Waals surface area contributed by atoms with Crippen LogP contribution in [0, 0.1) is 0 Å². The summed E-state index contributed by atoms with van der Waals surface area (Å²) < 4.78 is 0. The van der Waals surface area contributed by atoms with E-state index in [0.29, 0.717) is 18.6 Å². The van der Waals surface area contributed by atoms with Crippen LogP contribution in [0.5, 0.6) is 0 Å². The van der Waals surface area contributed by atoms with E-state index in [4.69, 9.17) is 0 Å². The number of urea groups is 1. The van der Waals surface area contributed by atoms with Crippen molar-refractivity contribution in [2.45, 2.75) is 44.7 Å². The quantitative estimate of drug-likeness (QED) is 0.897. The number of fused-ring (bicyclic) bond motifs is 1. The highest BCUT2D eigenvalue weighted by molar-refractivity contribution is 5.79. The summed E-state index contributed by atoms with van der Waals surface area (Å²) in [5, 5.41) is 4.24. The summed E-state index contributed by atoms with van der Waals surface area (Å²) in [5.74, 6) is 0. The first-order valence-electron chi connectivity index (χ1n) is 9.43. The topological polar surface area (TPSA) is 64.3 Å². The lowest BCUT2D eigenvalue weighted by Gasteiger charge is -2.30. The minimum atomic E-state index is 0.0761. The summed E-state index contributed by atoms with van der Waals surface area (Å²) in [6, 6.07) is 4.93.